The van der Waals surface area contributed by atoms with Crippen molar-refractivity contribution in [3.05, 3.63) is 35.4 Å². The molecule has 19 heavy (non-hydrogen) atoms. The fraction of sp³-hybridized carbons (Fsp3) is 0.562. The molecule has 0 saturated heterocycles. The van der Waals surface area contributed by atoms with Crippen LogP contribution in [0, 0.1) is 12.8 Å². The molecule has 3 heteroatoms. The highest BCUT2D eigenvalue weighted by Gasteiger charge is 2.29. The summed E-state index contributed by atoms with van der Waals surface area (Å²) in [7, 11) is 0. The number of thioether (sulfide) groups is 1. The van der Waals surface area contributed by atoms with E-state index < -0.39 is 5.97 Å². The molecule has 2 atom stereocenters. The Morgan fingerprint density at radius 2 is 2.11 bits per heavy atom. The Balaban J connectivity index is 1.97. The predicted octanol–water partition coefficient (Wildman–Crippen LogP) is 4.26. The molecule has 2 rings (SSSR count). The van der Waals surface area contributed by atoms with Gasteiger partial charge in [0.25, 0.3) is 0 Å². The molecule has 0 radical (unpaired) electrons. The molecule has 0 spiro atoms. The van der Waals surface area contributed by atoms with Crippen molar-refractivity contribution in [2.45, 2.75) is 50.0 Å². The topological polar surface area (TPSA) is 37.3 Å². The number of aryl methyl sites for hydroxylation is 1. The summed E-state index contributed by atoms with van der Waals surface area (Å²) in [5.74, 6) is 0.164. The molecule has 0 aromatic heterocycles. The lowest BCUT2D eigenvalue weighted by Crippen LogP contribution is -2.24. The lowest BCUT2D eigenvalue weighted by Gasteiger charge is -2.21. The largest absolute Gasteiger partial charge is 0.481 e. The van der Waals surface area contributed by atoms with Crippen molar-refractivity contribution in [1.82, 2.24) is 0 Å². The Labute approximate surface area is 119 Å². The van der Waals surface area contributed by atoms with E-state index in [4.69, 9.17) is 0 Å². The van der Waals surface area contributed by atoms with Gasteiger partial charge in [0, 0.05) is 11.0 Å². The first-order chi connectivity index (χ1) is 9.16. The molecule has 2 unspecified atom stereocenters. The van der Waals surface area contributed by atoms with Gasteiger partial charge in [0.2, 0.25) is 0 Å². The highest BCUT2D eigenvalue weighted by atomic mass is 32.2. The molecule has 0 heterocycles. The summed E-state index contributed by atoms with van der Waals surface area (Å²) in [6, 6.07) is 8.50. The van der Waals surface area contributed by atoms with Gasteiger partial charge in [-0.05, 0) is 25.3 Å². The van der Waals surface area contributed by atoms with Crippen LogP contribution in [0.1, 0.15) is 43.2 Å². The van der Waals surface area contributed by atoms with E-state index in [1.54, 1.807) is 0 Å². The second-order valence-corrected chi connectivity index (χ2v) is 6.65. The first kappa shape index (κ1) is 14.4. The van der Waals surface area contributed by atoms with Crippen LogP contribution < -0.4 is 0 Å². The van der Waals surface area contributed by atoms with E-state index in [0.717, 1.165) is 25.0 Å². The Hall–Kier alpha value is -0.960. The first-order valence-corrected chi connectivity index (χ1v) is 8.11. The summed E-state index contributed by atoms with van der Waals surface area (Å²) < 4.78 is 0. The normalized spacial score (nSPS) is 23.8. The van der Waals surface area contributed by atoms with Crippen molar-refractivity contribution in [3.8, 4) is 0 Å². The fourth-order valence-electron chi connectivity index (χ4n) is 2.76. The van der Waals surface area contributed by atoms with E-state index in [9.17, 15) is 9.90 Å². The van der Waals surface area contributed by atoms with Gasteiger partial charge in [-0.1, -0.05) is 49.1 Å². The minimum Gasteiger partial charge on any atom is -0.481 e. The molecule has 0 amide bonds. The minimum absolute atomic E-state index is 0.155. The van der Waals surface area contributed by atoms with Crippen LogP contribution in [-0.4, -0.2) is 16.3 Å². The van der Waals surface area contributed by atoms with E-state index in [0.29, 0.717) is 0 Å². The number of carbonyl (C=O) groups is 1. The second-order valence-electron chi connectivity index (χ2n) is 5.42. The molecule has 1 aromatic carbocycles. The van der Waals surface area contributed by atoms with Crippen molar-refractivity contribution >= 4 is 17.7 Å². The van der Waals surface area contributed by atoms with Gasteiger partial charge in [-0.2, -0.15) is 11.8 Å². The maximum Gasteiger partial charge on any atom is 0.307 e. The van der Waals surface area contributed by atoms with Crippen molar-refractivity contribution in [2.24, 2.45) is 5.92 Å². The highest BCUT2D eigenvalue weighted by Crippen LogP contribution is 2.34. The Kier molecular flexibility index (Phi) is 5.32. The SMILES string of the molecule is Cc1cccc(CSC2CCCCCC2C(=O)O)c1. The number of hydrogen-bond donors (Lipinski definition) is 1. The van der Waals surface area contributed by atoms with Crippen LogP contribution in [0.25, 0.3) is 0 Å². The molecular weight excluding hydrogens is 256 g/mol. The summed E-state index contributed by atoms with van der Waals surface area (Å²) in [4.78, 5) is 11.4. The molecular formula is C16H22O2S. The summed E-state index contributed by atoms with van der Waals surface area (Å²) in [6.45, 7) is 2.10. The lowest BCUT2D eigenvalue weighted by atomic mass is 10.0. The van der Waals surface area contributed by atoms with Gasteiger partial charge >= 0.3 is 5.97 Å². The summed E-state index contributed by atoms with van der Waals surface area (Å²) in [6.07, 6.45) is 5.33. The number of aliphatic carboxylic acids is 1. The van der Waals surface area contributed by atoms with Crippen LogP contribution in [0.5, 0.6) is 0 Å². The average Bonchev–Trinajstić information content (AvgIpc) is 2.61. The van der Waals surface area contributed by atoms with Crippen LogP contribution in [0.4, 0.5) is 0 Å². The Morgan fingerprint density at radius 1 is 1.32 bits per heavy atom. The number of hydrogen-bond acceptors (Lipinski definition) is 2. The summed E-state index contributed by atoms with van der Waals surface area (Å²) in [5.41, 5.74) is 2.58. The molecule has 104 valence electrons. The van der Waals surface area contributed by atoms with Gasteiger partial charge in [0.05, 0.1) is 5.92 Å². The number of carboxylic acids is 1. The fourth-order valence-corrected chi connectivity index (χ4v) is 4.17. The zero-order valence-electron chi connectivity index (χ0n) is 11.5. The lowest BCUT2D eigenvalue weighted by molar-refractivity contribution is -0.141. The summed E-state index contributed by atoms with van der Waals surface area (Å²) >= 11 is 1.83. The van der Waals surface area contributed by atoms with Gasteiger partial charge in [-0.25, -0.2) is 0 Å². The van der Waals surface area contributed by atoms with E-state index in [1.807, 2.05) is 11.8 Å². The van der Waals surface area contributed by atoms with Gasteiger partial charge in [-0.3, -0.25) is 4.79 Å². The van der Waals surface area contributed by atoms with E-state index >= 15 is 0 Å². The quantitative estimate of drug-likeness (QED) is 0.836. The Bertz CT molecular complexity index is 431. The maximum absolute atomic E-state index is 11.4. The smallest absolute Gasteiger partial charge is 0.307 e. The zero-order chi connectivity index (χ0) is 13.7. The van der Waals surface area contributed by atoms with Crippen LogP contribution in [-0.2, 0) is 10.5 Å². The third-order valence-corrected chi connectivity index (χ3v) is 5.31. The van der Waals surface area contributed by atoms with Gasteiger partial charge in [-0.15, -0.1) is 0 Å². The molecule has 1 N–H and O–H groups in total. The molecule has 1 aliphatic rings. The van der Waals surface area contributed by atoms with Crippen LogP contribution in [0.3, 0.4) is 0 Å². The molecule has 1 fully saturated rings. The van der Waals surface area contributed by atoms with Crippen LogP contribution in [0.2, 0.25) is 0 Å². The third kappa shape index (κ3) is 4.27. The standard InChI is InChI=1S/C16H22O2S/c1-12-6-5-7-13(10-12)11-19-15-9-4-2-3-8-14(15)16(17)18/h5-7,10,14-15H,2-4,8-9,11H2,1H3,(H,17,18). The monoisotopic (exact) mass is 278 g/mol. The third-order valence-electron chi connectivity index (χ3n) is 3.82. The van der Waals surface area contributed by atoms with Crippen LogP contribution >= 0.6 is 11.8 Å². The van der Waals surface area contributed by atoms with Crippen molar-refractivity contribution in [1.29, 1.82) is 0 Å². The predicted molar refractivity (Wildman–Crippen MR) is 80.5 cm³/mol. The molecule has 0 bridgehead atoms. The van der Waals surface area contributed by atoms with E-state index in [2.05, 4.69) is 31.2 Å². The molecule has 1 saturated carbocycles. The number of benzene rings is 1. The highest BCUT2D eigenvalue weighted by molar-refractivity contribution is 7.99. The molecule has 1 aromatic rings. The molecule has 0 aliphatic heterocycles. The van der Waals surface area contributed by atoms with E-state index in [-0.39, 0.29) is 11.2 Å². The molecule has 2 nitrogen and oxygen atoms in total. The minimum atomic E-state index is -0.608. The maximum atomic E-state index is 11.4. The van der Waals surface area contributed by atoms with Crippen molar-refractivity contribution < 1.29 is 9.90 Å². The van der Waals surface area contributed by atoms with Crippen LogP contribution in [0.15, 0.2) is 24.3 Å². The average molecular weight is 278 g/mol. The Morgan fingerprint density at radius 3 is 2.84 bits per heavy atom. The van der Waals surface area contributed by atoms with E-state index in [1.165, 1.54) is 24.0 Å². The van der Waals surface area contributed by atoms with Gasteiger partial charge in [0.1, 0.15) is 0 Å². The number of carboxylic acid groups (broad SMARTS) is 1. The first-order valence-electron chi connectivity index (χ1n) is 7.07. The van der Waals surface area contributed by atoms with Crippen molar-refractivity contribution in [3.63, 3.8) is 0 Å². The number of rotatable bonds is 4. The van der Waals surface area contributed by atoms with Gasteiger partial charge in [0.15, 0.2) is 0 Å². The zero-order valence-corrected chi connectivity index (χ0v) is 12.3. The molecule has 1 aliphatic carbocycles. The second kappa shape index (κ2) is 6.99. The van der Waals surface area contributed by atoms with Gasteiger partial charge < -0.3 is 5.11 Å². The van der Waals surface area contributed by atoms with Crippen molar-refractivity contribution in [2.75, 3.05) is 0 Å². The summed E-state index contributed by atoms with van der Waals surface area (Å²) in [5, 5.41) is 9.64.